The SMILES string of the molecule is C[C@@](CCN1Cc2cc(C#Cc3ccc(C4(F)CNC4)cc3)cn2C1=O)(C(=O)NO)S(C)(=O)=O. The van der Waals surface area contributed by atoms with Gasteiger partial charge in [0, 0.05) is 48.9 Å². The molecule has 2 amide bonds. The monoisotopic (exact) mass is 488 g/mol. The van der Waals surface area contributed by atoms with Crippen molar-refractivity contribution in [3.8, 4) is 11.8 Å². The van der Waals surface area contributed by atoms with Gasteiger partial charge in [-0.2, -0.15) is 0 Å². The fraction of sp³-hybridized carbons (Fsp3) is 0.391. The highest BCUT2D eigenvalue weighted by atomic mass is 32.2. The van der Waals surface area contributed by atoms with Crippen molar-refractivity contribution < 1.29 is 27.6 Å². The number of fused-ring (bicyclic) bond motifs is 1. The highest BCUT2D eigenvalue weighted by Gasteiger charge is 2.44. The smallest absolute Gasteiger partial charge is 0.318 e. The van der Waals surface area contributed by atoms with Crippen molar-refractivity contribution in [3.05, 3.63) is 58.9 Å². The van der Waals surface area contributed by atoms with Crippen molar-refractivity contribution in [3.63, 3.8) is 0 Å². The van der Waals surface area contributed by atoms with E-state index in [-0.39, 0.29) is 25.5 Å². The summed E-state index contributed by atoms with van der Waals surface area (Å²) in [4.78, 5) is 26.2. The summed E-state index contributed by atoms with van der Waals surface area (Å²) in [6, 6.07) is 8.40. The van der Waals surface area contributed by atoms with Gasteiger partial charge in [0.25, 0.3) is 5.91 Å². The van der Waals surface area contributed by atoms with Crippen molar-refractivity contribution in [2.75, 3.05) is 25.9 Å². The Bertz CT molecular complexity index is 1310. The van der Waals surface area contributed by atoms with Gasteiger partial charge >= 0.3 is 6.03 Å². The first kappa shape index (κ1) is 23.9. The minimum Gasteiger partial charge on any atom is -0.318 e. The molecule has 0 bridgehead atoms. The number of rotatable bonds is 6. The number of hydrogen-bond acceptors (Lipinski definition) is 6. The molecule has 1 atom stereocenters. The second kappa shape index (κ2) is 8.54. The average Bonchev–Trinajstić information content (AvgIpc) is 3.31. The normalized spacial score (nSPS) is 18.4. The molecule has 1 aromatic heterocycles. The molecule has 0 saturated carbocycles. The molecule has 0 spiro atoms. The van der Waals surface area contributed by atoms with E-state index in [0.717, 1.165) is 11.8 Å². The predicted octanol–water partition coefficient (Wildman–Crippen LogP) is 1.14. The van der Waals surface area contributed by atoms with Crippen molar-refractivity contribution in [1.82, 2.24) is 20.3 Å². The lowest BCUT2D eigenvalue weighted by atomic mass is 9.90. The Morgan fingerprint density at radius 1 is 1.26 bits per heavy atom. The van der Waals surface area contributed by atoms with Gasteiger partial charge in [-0.3, -0.25) is 14.6 Å². The number of carbonyl (C=O) groups is 2. The highest BCUT2D eigenvalue weighted by Crippen LogP contribution is 2.30. The van der Waals surface area contributed by atoms with E-state index >= 15 is 0 Å². The fourth-order valence-corrected chi connectivity index (χ4v) is 4.79. The van der Waals surface area contributed by atoms with Gasteiger partial charge in [0.15, 0.2) is 20.3 Å². The van der Waals surface area contributed by atoms with Crippen LogP contribution in [0, 0.1) is 11.8 Å². The second-order valence-corrected chi connectivity index (χ2v) is 11.3. The molecule has 0 aliphatic carbocycles. The number of nitrogens with zero attached hydrogens (tertiary/aromatic N) is 2. The zero-order chi connectivity index (χ0) is 24.7. The van der Waals surface area contributed by atoms with Crippen LogP contribution >= 0.6 is 0 Å². The molecule has 1 fully saturated rings. The molecular weight excluding hydrogens is 463 g/mol. The number of nitrogens with one attached hydrogen (secondary N) is 2. The minimum absolute atomic E-state index is 0.0104. The Hall–Kier alpha value is -3.20. The molecule has 1 saturated heterocycles. The zero-order valence-electron chi connectivity index (χ0n) is 18.8. The molecule has 2 aliphatic heterocycles. The topological polar surface area (TPSA) is 121 Å². The molecule has 3 N–H and O–H groups in total. The molecule has 1 aromatic carbocycles. The number of hydrogen-bond donors (Lipinski definition) is 3. The van der Waals surface area contributed by atoms with Gasteiger partial charge in [-0.1, -0.05) is 24.0 Å². The summed E-state index contributed by atoms with van der Waals surface area (Å²) in [6.45, 7) is 2.08. The first-order chi connectivity index (χ1) is 16.0. The van der Waals surface area contributed by atoms with E-state index in [1.54, 1.807) is 36.5 Å². The quantitative estimate of drug-likeness (QED) is 0.319. The summed E-state index contributed by atoms with van der Waals surface area (Å²) >= 11 is 0. The van der Waals surface area contributed by atoms with Crippen LogP contribution in [-0.2, 0) is 26.8 Å². The lowest BCUT2D eigenvalue weighted by molar-refractivity contribution is -0.131. The Balaban J connectivity index is 1.42. The van der Waals surface area contributed by atoms with Crippen LogP contribution in [0.5, 0.6) is 0 Å². The van der Waals surface area contributed by atoms with Gasteiger partial charge in [-0.25, -0.2) is 23.1 Å². The molecule has 0 radical (unpaired) electrons. The van der Waals surface area contributed by atoms with Gasteiger partial charge in [0.2, 0.25) is 0 Å². The molecule has 4 rings (SSSR count). The summed E-state index contributed by atoms with van der Waals surface area (Å²) in [7, 11) is -3.85. The van der Waals surface area contributed by atoms with Crippen LogP contribution in [0.3, 0.4) is 0 Å². The van der Waals surface area contributed by atoms with Crippen LogP contribution in [0.25, 0.3) is 0 Å². The molecule has 34 heavy (non-hydrogen) atoms. The maximum absolute atomic E-state index is 14.4. The van der Waals surface area contributed by atoms with Gasteiger partial charge in [0.1, 0.15) is 0 Å². The van der Waals surface area contributed by atoms with Crippen LogP contribution in [0.1, 0.15) is 35.7 Å². The summed E-state index contributed by atoms with van der Waals surface area (Å²) in [5.41, 5.74) is 2.75. The van der Waals surface area contributed by atoms with Crippen LogP contribution < -0.4 is 10.8 Å². The van der Waals surface area contributed by atoms with Gasteiger partial charge < -0.3 is 10.2 Å². The summed E-state index contributed by atoms with van der Waals surface area (Å²) in [5, 5.41) is 11.9. The molecular formula is C23H25FN4O5S. The number of aromatic nitrogens is 1. The number of sulfone groups is 1. The lowest BCUT2D eigenvalue weighted by Crippen LogP contribution is -2.53. The predicted molar refractivity (Wildman–Crippen MR) is 122 cm³/mol. The van der Waals surface area contributed by atoms with Crippen molar-refractivity contribution in [2.45, 2.75) is 30.3 Å². The lowest BCUT2D eigenvalue weighted by Gasteiger charge is -2.35. The molecule has 0 unspecified atom stereocenters. The van der Waals surface area contributed by atoms with E-state index in [1.165, 1.54) is 21.9 Å². The molecule has 11 heteroatoms. The first-order valence-electron chi connectivity index (χ1n) is 10.6. The van der Waals surface area contributed by atoms with Crippen LogP contribution in [0.4, 0.5) is 9.18 Å². The van der Waals surface area contributed by atoms with E-state index in [4.69, 9.17) is 5.21 Å². The first-order valence-corrected chi connectivity index (χ1v) is 12.5. The molecule has 9 nitrogen and oxygen atoms in total. The third-order valence-corrected chi connectivity index (χ3v) is 8.58. The van der Waals surface area contributed by atoms with E-state index in [2.05, 4.69) is 17.2 Å². The highest BCUT2D eigenvalue weighted by molar-refractivity contribution is 7.92. The van der Waals surface area contributed by atoms with Crippen molar-refractivity contribution in [2.24, 2.45) is 0 Å². The van der Waals surface area contributed by atoms with E-state index in [1.807, 2.05) is 0 Å². The standard InChI is InChI=1S/C23H25FN4O5S/c1-22(20(29)26-31,34(2,32)33)9-10-27-13-19-11-17(12-28(19)21(27)30)4-3-16-5-7-18(8-6-16)23(24)14-25-15-23/h5-8,11-12,25,31H,9-10,13-15H2,1-2H3,(H,26,29)/t22-/m1/s1. The van der Waals surface area contributed by atoms with Crippen LogP contribution in [-0.4, -0.2) is 65.7 Å². The molecule has 180 valence electrons. The summed E-state index contributed by atoms with van der Waals surface area (Å²) in [6.07, 6.45) is 2.34. The fourth-order valence-electron chi connectivity index (χ4n) is 3.95. The van der Waals surface area contributed by atoms with E-state index in [0.29, 0.717) is 29.9 Å². The second-order valence-electron chi connectivity index (χ2n) is 8.88. The maximum Gasteiger partial charge on any atom is 0.328 e. The summed E-state index contributed by atoms with van der Waals surface area (Å²) < 4.78 is 38.2. The van der Waals surface area contributed by atoms with Crippen molar-refractivity contribution in [1.29, 1.82) is 0 Å². The summed E-state index contributed by atoms with van der Waals surface area (Å²) in [5.74, 6) is 4.97. The largest absolute Gasteiger partial charge is 0.328 e. The van der Waals surface area contributed by atoms with E-state index < -0.39 is 26.2 Å². The Kier molecular flexibility index (Phi) is 6.01. The van der Waals surface area contributed by atoms with Crippen LogP contribution in [0.15, 0.2) is 36.5 Å². The molecule has 2 aliphatic rings. The number of amides is 2. The number of alkyl halides is 1. The number of benzene rings is 1. The third kappa shape index (κ3) is 4.20. The Morgan fingerprint density at radius 3 is 2.44 bits per heavy atom. The molecule has 3 heterocycles. The number of carbonyl (C=O) groups excluding carboxylic acids is 2. The number of hydroxylamine groups is 1. The average molecular weight is 489 g/mol. The maximum atomic E-state index is 14.4. The van der Waals surface area contributed by atoms with Crippen LogP contribution in [0.2, 0.25) is 0 Å². The van der Waals surface area contributed by atoms with Crippen molar-refractivity contribution >= 4 is 21.8 Å². The van der Waals surface area contributed by atoms with Gasteiger partial charge in [-0.05, 0) is 37.1 Å². The Labute approximate surface area is 196 Å². The van der Waals surface area contributed by atoms with Gasteiger partial charge in [-0.15, -0.1) is 0 Å². The van der Waals surface area contributed by atoms with E-state index in [9.17, 15) is 22.4 Å². The molecule has 2 aromatic rings. The number of halogens is 1. The third-order valence-electron chi connectivity index (χ3n) is 6.55. The Morgan fingerprint density at radius 2 is 1.91 bits per heavy atom. The van der Waals surface area contributed by atoms with Gasteiger partial charge in [0.05, 0.1) is 6.54 Å². The minimum atomic E-state index is -3.85. The zero-order valence-corrected chi connectivity index (χ0v) is 19.6.